The number of hydrogen-bond donors (Lipinski definition) is 3. The van der Waals surface area contributed by atoms with Crippen molar-refractivity contribution >= 4 is 46.3 Å². The van der Waals surface area contributed by atoms with Gasteiger partial charge in [-0.2, -0.15) is 4.98 Å². The second-order valence-electron chi connectivity index (χ2n) is 8.33. The summed E-state index contributed by atoms with van der Waals surface area (Å²) in [6, 6.07) is 14.5. The molecule has 0 bridgehead atoms. The quantitative estimate of drug-likeness (QED) is 0.435. The first kappa shape index (κ1) is 24.7. The van der Waals surface area contributed by atoms with Gasteiger partial charge in [-0.1, -0.05) is 17.7 Å². The summed E-state index contributed by atoms with van der Waals surface area (Å²) in [5, 5.41) is 16.0. The Morgan fingerprint density at radius 3 is 2.77 bits per heavy atom. The van der Waals surface area contributed by atoms with Gasteiger partial charge in [0.05, 0.1) is 19.8 Å². The van der Waals surface area contributed by atoms with Gasteiger partial charge in [-0.15, -0.1) is 0 Å². The van der Waals surface area contributed by atoms with E-state index in [9.17, 15) is 9.90 Å². The summed E-state index contributed by atoms with van der Waals surface area (Å²) < 4.78 is 5.47. The van der Waals surface area contributed by atoms with Crippen LogP contribution in [0.5, 0.6) is 0 Å². The summed E-state index contributed by atoms with van der Waals surface area (Å²) >= 11 is 6.14. The summed E-state index contributed by atoms with van der Waals surface area (Å²) in [5.41, 5.74) is 2.95. The van der Waals surface area contributed by atoms with E-state index in [1.54, 1.807) is 19.2 Å². The normalized spacial score (nSPS) is 14.3. The van der Waals surface area contributed by atoms with E-state index in [4.69, 9.17) is 16.3 Å². The molecule has 184 valence electrons. The number of amides is 1. The lowest BCUT2D eigenvalue weighted by Crippen LogP contribution is -2.37. The number of aliphatic hydroxyl groups excluding tert-OH is 1. The van der Waals surface area contributed by atoms with Gasteiger partial charge in [-0.05, 0) is 49.4 Å². The molecule has 0 spiro atoms. The molecule has 10 heteroatoms. The van der Waals surface area contributed by atoms with Gasteiger partial charge in [0, 0.05) is 60.0 Å². The van der Waals surface area contributed by atoms with E-state index in [-0.39, 0.29) is 18.6 Å². The Labute approximate surface area is 209 Å². The number of carbonyl (C=O) groups is 1. The summed E-state index contributed by atoms with van der Waals surface area (Å²) in [5.74, 6) is 0.814. The predicted molar refractivity (Wildman–Crippen MR) is 138 cm³/mol. The van der Waals surface area contributed by atoms with Crippen LogP contribution in [0.25, 0.3) is 0 Å². The second-order valence-corrected chi connectivity index (χ2v) is 8.76. The van der Waals surface area contributed by atoms with Crippen molar-refractivity contribution in [2.45, 2.75) is 13.0 Å². The molecule has 1 saturated heterocycles. The smallest absolute Gasteiger partial charge is 0.251 e. The number of halogens is 1. The minimum absolute atomic E-state index is 0.138. The average molecular weight is 497 g/mol. The molecule has 2 aromatic carbocycles. The van der Waals surface area contributed by atoms with Crippen LogP contribution < -0.4 is 20.4 Å². The molecule has 0 unspecified atom stereocenters. The number of aliphatic hydroxyl groups is 1. The van der Waals surface area contributed by atoms with Gasteiger partial charge in [0.25, 0.3) is 5.91 Å². The van der Waals surface area contributed by atoms with Gasteiger partial charge in [-0.3, -0.25) is 4.79 Å². The molecule has 0 radical (unpaired) electrons. The monoisotopic (exact) mass is 496 g/mol. The highest BCUT2D eigenvalue weighted by molar-refractivity contribution is 6.30. The van der Waals surface area contributed by atoms with E-state index >= 15 is 0 Å². The van der Waals surface area contributed by atoms with E-state index in [0.29, 0.717) is 41.3 Å². The number of ether oxygens (including phenoxy) is 1. The Morgan fingerprint density at radius 2 is 2.03 bits per heavy atom. The fraction of sp³-hybridized carbons (Fsp3) is 0.320. The first-order chi connectivity index (χ1) is 16.9. The van der Waals surface area contributed by atoms with Crippen molar-refractivity contribution in [3.8, 4) is 0 Å². The van der Waals surface area contributed by atoms with E-state index < -0.39 is 0 Å². The Morgan fingerprint density at radius 1 is 1.23 bits per heavy atom. The fourth-order valence-electron chi connectivity index (χ4n) is 3.71. The highest BCUT2D eigenvalue weighted by Crippen LogP contribution is 2.28. The summed E-state index contributed by atoms with van der Waals surface area (Å²) in [6.07, 6.45) is 1.67. The zero-order chi connectivity index (χ0) is 24.8. The first-order valence-corrected chi connectivity index (χ1v) is 11.8. The van der Waals surface area contributed by atoms with Crippen molar-refractivity contribution in [3.05, 3.63) is 65.3 Å². The van der Waals surface area contributed by atoms with Crippen LogP contribution in [0, 0.1) is 0 Å². The van der Waals surface area contributed by atoms with Gasteiger partial charge in [0.1, 0.15) is 5.82 Å². The van der Waals surface area contributed by atoms with Gasteiger partial charge in [-0.25, -0.2) is 4.98 Å². The Balaban J connectivity index is 1.61. The molecule has 1 fully saturated rings. The molecule has 35 heavy (non-hydrogen) atoms. The predicted octanol–water partition coefficient (Wildman–Crippen LogP) is 3.59. The highest BCUT2D eigenvalue weighted by Gasteiger charge is 2.17. The maximum absolute atomic E-state index is 12.8. The molecule has 1 aliphatic heterocycles. The van der Waals surface area contributed by atoms with Crippen molar-refractivity contribution in [3.63, 3.8) is 0 Å². The molecule has 2 heterocycles. The maximum Gasteiger partial charge on any atom is 0.251 e. The molecule has 1 atom stereocenters. The van der Waals surface area contributed by atoms with Gasteiger partial charge < -0.3 is 30.3 Å². The van der Waals surface area contributed by atoms with Crippen LogP contribution in [0.2, 0.25) is 5.02 Å². The molecule has 1 aliphatic rings. The number of carbonyl (C=O) groups excluding carboxylic acids is 1. The molecule has 3 N–H and O–H groups in total. The molecule has 9 nitrogen and oxygen atoms in total. The number of anilines is 5. The second kappa shape index (κ2) is 11.4. The number of nitrogens with one attached hydrogen (secondary N) is 2. The topological polar surface area (TPSA) is 103 Å². The van der Waals surface area contributed by atoms with Crippen LogP contribution in [0.4, 0.5) is 28.8 Å². The Hall–Kier alpha value is -3.40. The highest BCUT2D eigenvalue weighted by atomic mass is 35.5. The zero-order valence-electron chi connectivity index (χ0n) is 19.7. The van der Waals surface area contributed by atoms with Crippen LogP contribution in [-0.4, -0.2) is 67.0 Å². The zero-order valence-corrected chi connectivity index (χ0v) is 20.5. The Bertz CT molecular complexity index is 1170. The number of rotatable bonds is 8. The molecule has 1 aromatic heterocycles. The van der Waals surface area contributed by atoms with Crippen LogP contribution in [-0.2, 0) is 4.74 Å². The third-order valence-corrected chi connectivity index (χ3v) is 5.88. The summed E-state index contributed by atoms with van der Waals surface area (Å²) in [4.78, 5) is 25.9. The first-order valence-electron chi connectivity index (χ1n) is 11.4. The van der Waals surface area contributed by atoms with Crippen LogP contribution in [0.1, 0.15) is 17.3 Å². The fourth-order valence-corrected chi connectivity index (χ4v) is 3.90. The van der Waals surface area contributed by atoms with Crippen molar-refractivity contribution in [1.29, 1.82) is 0 Å². The molecular weight excluding hydrogens is 468 g/mol. The summed E-state index contributed by atoms with van der Waals surface area (Å²) in [7, 11) is 1.90. The lowest BCUT2D eigenvalue weighted by Gasteiger charge is -2.29. The van der Waals surface area contributed by atoms with Crippen LogP contribution >= 0.6 is 11.6 Å². The Kier molecular flexibility index (Phi) is 8.02. The van der Waals surface area contributed by atoms with Crippen molar-refractivity contribution in [2.75, 3.05) is 55.1 Å². The lowest BCUT2D eigenvalue weighted by molar-refractivity contribution is 0.0922. The number of hydrogen-bond acceptors (Lipinski definition) is 8. The molecule has 3 aromatic rings. The molecule has 0 saturated carbocycles. The SMILES string of the molecule is C[C@H](CO)NC(=O)c1cc(Nc2nccc(N(C)c3cccc(Cl)c3)n2)cc(N2CCOCC2)c1. The third kappa shape index (κ3) is 6.39. The van der Waals surface area contributed by atoms with Crippen LogP contribution in [0.15, 0.2) is 54.7 Å². The minimum atomic E-state index is -0.354. The minimum Gasteiger partial charge on any atom is -0.394 e. The van der Waals surface area contributed by atoms with Gasteiger partial charge >= 0.3 is 0 Å². The summed E-state index contributed by atoms with van der Waals surface area (Å²) in [6.45, 7) is 4.32. The van der Waals surface area contributed by atoms with E-state index in [0.717, 1.165) is 24.5 Å². The van der Waals surface area contributed by atoms with E-state index in [1.807, 2.05) is 54.4 Å². The number of aromatic nitrogens is 2. The standard InChI is InChI=1S/C25H29ClN6O3/c1-17(16-33)28-24(34)18-12-20(15-22(13-18)32-8-10-35-11-9-32)29-25-27-7-6-23(30-25)31(2)21-5-3-4-19(26)14-21/h3-7,12-15,17,33H,8-11,16H2,1-2H3,(H,28,34)(H,27,29,30)/t17-/m1/s1. The lowest BCUT2D eigenvalue weighted by atomic mass is 10.1. The number of nitrogens with zero attached hydrogens (tertiary/aromatic N) is 4. The van der Waals surface area contributed by atoms with E-state index in [1.165, 1.54) is 0 Å². The molecular formula is C25H29ClN6O3. The molecule has 0 aliphatic carbocycles. The van der Waals surface area contributed by atoms with Gasteiger partial charge in [0.15, 0.2) is 0 Å². The number of benzene rings is 2. The number of morpholine rings is 1. The average Bonchev–Trinajstić information content (AvgIpc) is 2.88. The molecule has 4 rings (SSSR count). The van der Waals surface area contributed by atoms with Crippen molar-refractivity contribution < 1.29 is 14.6 Å². The largest absolute Gasteiger partial charge is 0.394 e. The van der Waals surface area contributed by atoms with Crippen LogP contribution in [0.3, 0.4) is 0 Å². The molecule has 1 amide bonds. The van der Waals surface area contributed by atoms with Crippen molar-refractivity contribution in [1.82, 2.24) is 15.3 Å². The van der Waals surface area contributed by atoms with E-state index in [2.05, 4.69) is 25.5 Å². The van der Waals surface area contributed by atoms with Crippen molar-refractivity contribution in [2.24, 2.45) is 0 Å². The maximum atomic E-state index is 12.8. The van der Waals surface area contributed by atoms with Gasteiger partial charge in [0.2, 0.25) is 5.95 Å². The third-order valence-electron chi connectivity index (χ3n) is 5.64.